The highest BCUT2D eigenvalue weighted by atomic mass is 32.2. The molecule has 0 radical (unpaired) electrons. The normalized spacial score (nSPS) is 13.6. The van der Waals surface area contributed by atoms with Gasteiger partial charge in [0.15, 0.2) is 5.03 Å². The summed E-state index contributed by atoms with van der Waals surface area (Å²) in [4.78, 5) is 13.1. The van der Waals surface area contributed by atoms with E-state index < -0.39 is 5.97 Å². The van der Waals surface area contributed by atoms with E-state index in [4.69, 9.17) is 4.74 Å². The van der Waals surface area contributed by atoms with Gasteiger partial charge in [0.1, 0.15) is 0 Å². The minimum atomic E-state index is -0.459. The smallest absolute Gasteiger partial charge is 0.361 e. The van der Waals surface area contributed by atoms with Gasteiger partial charge in [0.25, 0.3) is 0 Å². The average molecular weight is 288 g/mol. The number of nitrogens with zero attached hydrogens (tertiary/aromatic N) is 4. The zero-order valence-corrected chi connectivity index (χ0v) is 11.6. The van der Waals surface area contributed by atoms with Crippen LogP contribution in [0.3, 0.4) is 0 Å². The second-order valence-corrected chi connectivity index (χ2v) is 5.02. The predicted molar refractivity (Wildman–Crippen MR) is 75.1 cm³/mol. The van der Waals surface area contributed by atoms with E-state index >= 15 is 0 Å². The number of fused-ring (bicyclic) bond motifs is 1. The Morgan fingerprint density at radius 3 is 2.95 bits per heavy atom. The number of benzene rings is 1. The van der Waals surface area contributed by atoms with Gasteiger partial charge in [-0.2, -0.15) is 5.10 Å². The van der Waals surface area contributed by atoms with Crippen LogP contribution in [0.5, 0.6) is 0 Å². The molecule has 0 aliphatic carbocycles. The van der Waals surface area contributed by atoms with Gasteiger partial charge in [-0.1, -0.05) is 42.1 Å². The summed E-state index contributed by atoms with van der Waals surface area (Å²) in [6.07, 6.45) is 0. The average Bonchev–Trinajstić information content (AvgIpc) is 2.91. The van der Waals surface area contributed by atoms with Crippen molar-refractivity contribution in [3.63, 3.8) is 0 Å². The number of aromatic nitrogens is 3. The van der Waals surface area contributed by atoms with E-state index in [1.54, 1.807) is 6.92 Å². The minimum absolute atomic E-state index is 0.229. The molecule has 7 heteroatoms. The lowest BCUT2D eigenvalue weighted by molar-refractivity contribution is 0.0515. The third-order valence-corrected chi connectivity index (χ3v) is 3.80. The maximum absolute atomic E-state index is 11.7. The van der Waals surface area contributed by atoms with Crippen LogP contribution in [-0.4, -0.2) is 39.1 Å². The number of hydrogen-bond acceptors (Lipinski definition) is 6. The fourth-order valence-corrected chi connectivity index (χ4v) is 2.79. The van der Waals surface area contributed by atoms with E-state index in [9.17, 15) is 4.79 Å². The van der Waals surface area contributed by atoms with Crippen LogP contribution >= 0.6 is 11.8 Å². The Morgan fingerprint density at radius 1 is 1.40 bits per heavy atom. The van der Waals surface area contributed by atoms with Crippen molar-refractivity contribution < 1.29 is 9.53 Å². The largest absolute Gasteiger partial charge is 0.461 e. The zero-order valence-electron chi connectivity index (χ0n) is 10.8. The molecule has 0 bridgehead atoms. The monoisotopic (exact) mass is 288 g/mol. The van der Waals surface area contributed by atoms with Gasteiger partial charge in [-0.15, -0.1) is 9.89 Å². The van der Waals surface area contributed by atoms with Gasteiger partial charge >= 0.3 is 5.97 Å². The molecule has 0 fully saturated rings. The highest BCUT2D eigenvalue weighted by Gasteiger charge is 2.25. The van der Waals surface area contributed by atoms with Gasteiger partial charge in [0, 0.05) is 5.75 Å². The first-order valence-corrected chi connectivity index (χ1v) is 7.17. The first-order chi connectivity index (χ1) is 9.79. The van der Waals surface area contributed by atoms with Crippen LogP contribution in [0.2, 0.25) is 0 Å². The predicted octanol–water partition coefficient (Wildman–Crippen LogP) is 1.81. The number of rotatable bonds is 3. The second-order valence-electron chi connectivity index (χ2n) is 4.05. The Labute approximate surface area is 119 Å². The maximum Gasteiger partial charge on any atom is 0.361 e. The van der Waals surface area contributed by atoms with Crippen molar-refractivity contribution in [2.24, 2.45) is 5.10 Å². The van der Waals surface area contributed by atoms with Gasteiger partial charge < -0.3 is 4.74 Å². The highest BCUT2D eigenvalue weighted by molar-refractivity contribution is 8.00. The van der Waals surface area contributed by atoms with Crippen LogP contribution in [0, 0.1) is 0 Å². The summed E-state index contributed by atoms with van der Waals surface area (Å²) in [6.45, 7) is 2.07. The lowest BCUT2D eigenvalue weighted by Gasteiger charge is -2.12. The molecule has 1 aliphatic heterocycles. The Bertz CT molecular complexity index is 666. The van der Waals surface area contributed by atoms with Crippen molar-refractivity contribution >= 4 is 23.4 Å². The molecule has 0 amide bonds. The third kappa shape index (κ3) is 2.32. The van der Waals surface area contributed by atoms with E-state index in [1.165, 1.54) is 16.6 Å². The summed E-state index contributed by atoms with van der Waals surface area (Å²) in [6, 6.07) is 9.87. The molecule has 0 saturated carbocycles. The van der Waals surface area contributed by atoms with E-state index in [2.05, 4.69) is 15.4 Å². The topological polar surface area (TPSA) is 69.4 Å². The third-order valence-electron chi connectivity index (χ3n) is 2.75. The number of esters is 1. The second kappa shape index (κ2) is 5.46. The van der Waals surface area contributed by atoms with Crippen LogP contribution in [0.25, 0.3) is 0 Å². The molecule has 20 heavy (non-hydrogen) atoms. The fourth-order valence-electron chi connectivity index (χ4n) is 1.84. The van der Waals surface area contributed by atoms with E-state index in [1.807, 2.05) is 30.3 Å². The van der Waals surface area contributed by atoms with Crippen LogP contribution in [0.4, 0.5) is 0 Å². The lowest BCUT2D eigenvalue weighted by Crippen LogP contribution is -2.15. The van der Waals surface area contributed by atoms with E-state index in [-0.39, 0.29) is 5.69 Å². The van der Waals surface area contributed by atoms with E-state index in [0.29, 0.717) is 17.4 Å². The summed E-state index contributed by atoms with van der Waals surface area (Å²) < 4.78 is 4.95. The van der Waals surface area contributed by atoms with Crippen LogP contribution in [0.15, 0.2) is 40.5 Å². The number of thioether (sulfide) groups is 1. The Kier molecular flexibility index (Phi) is 3.51. The lowest BCUT2D eigenvalue weighted by atomic mass is 10.1. The quantitative estimate of drug-likeness (QED) is 0.806. The minimum Gasteiger partial charge on any atom is -0.461 e. The van der Waals surface area contributed by atoms with Crippen LogP contribution < -0.4 is 0 Å². The standard InChI is InChI=1S/C13H12N4O2S/c1-2-19-13(18)11-12-17(16-14-11)15-10(8-20-12)9-6-4-3-5-7-9/h3-7H,2,8H2,1H3. The van der Waals surface area contributed by atoms with Crippen LogP contribution in [0.1, 0.15) is 23.0 Å². The molecule has 1 aliphatic rings. The highest BCUT2D eigenvalue weighted by Crippen LogP contribution is 2.26. The molecule has 1 aromatic heterocycles. The summed E-state index contributed by atoms with van der Waals surface area (Å²) in [5.41, 5.74) is 2.18. The summed E-state index contributed by atoms with van der Waals surface area (Å²) in [5, 5.41) is 12.8. The first-order valence-electron chi connectivity index (χ1n) is 6.18. The molecular formula is C13H12N4O2S. The van der Waals surface area contributed by atoms with Gasteiger partial charge in [0.05, 0.1) is 12.3 Å². The van der Waals surface area contributed by atoms with Crippen molar-refractivity contribution in [1.29, 1.82) is 0 Å². The Hall–Kier alpha value is -2.15. The molecule has 0 spiro atoms. The summed E-state index contributed by atoms with van der Waals surface area (Å²) >= 11 is 1.49. The molecule has 6 nitrogen and oxygen atoms in total. The van der Waals surface area contributed by atoms with Gasteiger partial charge in [-0.25, -0.2) is 4.79 Å². The number of carbonyl (C=O) groups excluding carboxylic acids is 1. The molecule has 0 atom stereocenters. The SMILES string of the molecule is CCOC(=O)c1nnn2c1SCC(c1ccccc1)=N2. The summed E-state index contributed by atoms with van der Waals surface area (Å²) in [7, 11) is 0. The van der Waals surface area contributed by atoms with Gasteiger partial charge in [-0.05, 0) is 17.7 Å². The van der Waals surface area contributed by atoms with Gasteiger partial charge in [-0.3, -0.25) is 0 Å². The van der Waals surface area contributed by atoms with Crippen molar-refractivity contribution in [1.82, 2.24) is 15.1 Å². The molecule has 0 saturated heterocycles. The van der Waals surface area contributed by atoms with Gasteiger partial charge in [0.2, 0.25) is 5.69 Å². The van der Waals surface area contributed by atoms with Crippen molar-refractivity contribution in [2.45, 2.75) is 11.9 Å². The molecule has 3 rings (SSSR count). The number of ether oxygens (including phenoxy) is 1. The van der Waals surface area contributed by atoms with Crippen LogP contribution in [-0.2, 0) is 4.74 Å². The summed E-state index contributed by atoms with van der Waals surface area (Å²) in [5.74, 6) is 0.212. The van der Waals surface area contributed by atoms with Crippen molar-refractivity contribution in [3.05, 3.63) is 41.6 Å². The Morgan fingerprint density at radius 2 is 2.20 bits per heavy atom. The molecule has 2 aromatic rings. The first kappa shape index (κ1) is 12.9. The molecule has 1 aromatic carbocycles. The number of carbonyl (C=O) groups is 1. The maximum atomic E-state index is 11.7. The molecule has 0 unspecified atom stereocenters. The fraction of sp³-hybridized carbons (Fsp3) is 0.231. The van der Waals surface area contributed by atoms with Crippen molar-refractivity contribution in [2.75, 3.05) is 12.4 Å². The molecule has 2 heterocycles. The molecule has 0 N–H and O–H groups in total. The van der Waals surface area contributed by atoms with Crippen molar-refractivity contribution in [3.8, 4) is 0 Å². The van der Waals surface area contributed by atoms with E-state index in [0.717, 1.165) is 11.3 Å². The molecule has 102 valence electrons. The zero-order chi connectivity index (χ0) is 13.9. The number of hydrogen-bond donors (Lipinski definition) is 0. The molecular weight excluding hydrogens is 276 g/mol. The Balaban J connectivity index is 1.93.